The lowest BCUT2D eigenvalue weighted by molar-refractivity contribution is 0.119. The second kappa shape index (κ2) is 3.67. The minimum Gasteiger partial charge on any atom is -0.395 e. The van der Waals surface area contributed by atoms with E-state index in [0.29, 0.717) is 0 Å². The van der Waals surface area contributed by atoms with Gasteiger partial charge in [-0.25, -0.2) is 0 Å². The van der Waals surface area contributed by atoms with Gasteiger partial charge in [0.15, 0.2) is 0 Å². The van der Waals surface area contributed by atoms with E-state index >= 15 is 0 Å². The van der Waals surface area contributed by atoms with Crippen LogP contribution in [0.1, 0.15) is 30.4 Å². The molecule has 0 aromatic heterocycles. The van der Waals surface area contributed by atoms with Crippen LogP contribution >= 0.6 is 15.9 Å². The molecule has 1 nitrogen and oxygen atoms in total. The first kappa shape index (κ1) is 10.2. The van der Waals surface area contributed by atoms with Crippen molar-refractivity contribution in [2.45, 2.75) is 31.6 Å². The van der Waals surface area contributed by atoms with Crippen molar-refractivity contribution in [3.05, 3.63) is 33.8 Å². The molecule has 0 spiro atoms. The SMILES string of the molecule is Cc1ccc(Br)cc1C1(CO)CCC1. The maximum absolute atomic E-state index is 9.49. The molecule has 1 fully saturated rings. The van der Waals surface area contributed by atoms with Crippen molar-refractivity contribution in [3.63, 3.8) is 0 Å². The van der Waals surface area contributed by atoms with Crippen molar-refractivity contribution in [3.8, 4) is 0 Å². The van der Waals surface area contributed by atoms with Gasteiger partial charge in [0, 0.05) is 9.89 Å². The average Bonchev–Trinajstić information content (AvgIpc) is 2.10. The van der Waals surface area contributed by atoms with Crippen LogP contribution in [0, 0.1) is 6.92 Å². The first-order valence-corrected chi connectivity index (χ1v) is 5.85. The van der Waals surface area contributed by atoms with Gasteiger partial charge < -0.3 is 5.11 Å². The molecule has 14 heavy (non-hydrogen) atoms. The van der Waals surface area contributed by atoms with Gasteiger partial charge in [-0.05, 0) is 43.0 Å². The molecule has 0 heterocycles. The highest BCUT2D eigenvalue weighted by atomic mass is 79.9. The summed E-state index contributed by atoms with van der Waals surface area (Å²) in [4.78, 5) is 0. The minimum absolute atomic E-state index is 0.0634. The minimum atomic E-state index is 0.0634. The fraction of sp³-hybridized carbons (Fsp3) is 0.500. The van der Waals surface area contributed by atoms with E-state index in [2.05, 4.69) is 41.1 Å². The zero-order chi connectivity index (χ0) is 10.2. The summed E-state index contributed by atoms with van der Waals surface area (Å²) in [5.74, 6) is 0. The molecular weight excluding hydrogens is 240 g/mol. The van der Waals surface area contributed by atoms with Crippen LogP contribution < -0.4 is 0 Å². The van der Waals surface area contributed by atoms with Crippen LogP contribution in [0.5, 0.6) is 0 Å². The quantitative estimate of drug-likeness (QED) is 0.860. The molecule has 1 aromatic carbocycles. The normalized spacial score (nSPS) is 19.1. The maximum atomic E-state index is 9.49. The van der Waals surface area contributed by atoms with Gasteiger partial charge in [0.1, 0.15) is 0 Å². The number of aliphatic hydroxyl groups is 1. The first-order valence-electron chi connectivity index (χ1n) is 5.05. The molecule has 2 rings (SSSR count). The largest absolute Gasteiger partial charge is 0.395 e. The van der Waals surface area contributed by atoms with E-state index in [-0.39, 0.29) is 12.0 Å². The van der Waals surface area contributed by atoms with Gasteiger partial charge in [0.25, 0.3) is 0 Å². The summed E-state index contributed by atoms with van der Waals surface area (Å²) in [5, 5.41) is 9.49. The highest BCUT2D eigenvalue weighted by molar-refractivity contribution is 9.10. The smallest absolute Gasteiger partial charge is 0.0528 e. The molecular formula is C12H15BrO. The Hall–Kier alpha value is -0.340. The van der Waals surface area contributed by atoms with Crippen molar-refractivity contribution < 1.29 is 5.11 Å². The highest BCUT2D eigenvalue weighted by Gasteiger charge is 2.38. The Kier molecular flexibility index (Phi) is 2.67. The Balaban J connectivity index is 2.43. The van der Waals surface area contributed by atoms with Crippen molar-refractivity contribution in [2.24, 2.45) is 0 Å². The van der Waals surface area contributed by atoms with Crippen LogP contribution in [0.15, 0.2) is 22.7 Å². The van der Waals surface area contributed by atoms with E-state index in [1.165, 1.54) is 17.5 Å². The van der Waals surface area contributed by atoms with Gasteiger partial charge in [0.05, 0.1) is 6.61 Å². The lowest BCUT2D eigenvalue weighted by Crippen LogP contribution is -2.38. The molecule has 0 saturated heterocycles. The summed E-state index contributed by atoms with van der Waals surface area (Å²) < 4.78 is 1.11. The Morgan fingerprint density at radius 1 is 1.43 bits per heavy atom. The third-order valence-corrected chi connectivity index (χ3v) is 3.88. The number of aliphatic hydroxyl groups excluding tert-OH is 1. The number of benzene rings is 1. The molecule has 1 N–H and O–H groups in total. The summed E-state index contributed by atoms with van der Waals surface area (Å²) >= 11 is 3.49. The van der Waals surface area contributed by atoms with E-state index in [4.69, 9.17) is 0 Å². The number of hydrogen-bond acceptors (Lipinski definition) is 1. The Morgan fingerprint density at radius 2 is 2.14 bits per heavy atom. The third kappa shape index (κ3) is 1.51. The summed E-state index contributed by atoms with van der Waals surface area (Å²) in [6.45, 7) is 2.40. The maximum Gasteiger partial charge on any atom is 0.0528 e. The molecule has 0 amide bonds. The van der Waals surface area contributed by atoms with Gasteiger partial charge in [-0.15, -0.1) is 0 Å². The predicted molar refractivity (Wildman–Crippen MR) is 61.5 cm³/mol. The van der Waals surface area contributed by atoms with Crippen LogP contribution in [0.25, 0.3) is 0 Å². The molecule has 1 aliphatic rings. The van der Waals surface area contributed by atoms with E-state index in [0.717, 1.165) is 17.3 Å². The zero-order valence-electron chi connectivity index (χ0n) is 8.39. The Morgan fingerprint density at radius 3 is 2.64 bits per heavy atom. The summed E-state index contributed by atoms with van der Waals surface area (Å²) in [5.41, 5.74) is 2.68. The Bertz CT molecular complexity index is 337. The van der Waals surface area contributed by atoms with Gasteiger partial charge in [-0.2, -0.15) is 0 Å². The summed E-state index contributed by atoms with van der Waals surface area (Å²) in [6.07, 6.45) is 3.49. The third-order valence-electron chi connectivity index (χ3n) is 3.38. The Labute approximate surface area is 93.3 Å². The number of aryl methyl sites for hydroxylation is 1. The molecule has 0 radical (unpaired) electrons. The number of halogens is 1. The van der Waals surface area contributed by atoms with Gasteiger partial charge in [-0.3, -0.25) is 0 Å². The van der Waals surface area contributed by atoms with Crippen molar-refractivity contribution in [2.75, 3.05) is 6.61 Å². The van der Waals surface area contributed by atoms with Crippen molar-refractivity contribution >= 4 is 15.9 Å². The molecule has 0 unspecified atom stereocenters. The monoisotopic (exact) mass is 254 g/mol. The molecule has 1 aromatic rings. The summed E-state index contributed by atoms with van der Waals surface area (Å²) in [7, 11) is 0. The zero-order valence-corrected chi connectivity index (χ0v) is 9.97. The molecule has 1 saturated carbocycles. The second-order valence-corrected chi connectivity index (χ2v) is 5.17. The van der Waals surface area contributed by atoms with Crippen LogP contribution in [-0.4, -0.2) is 11.7 Å². The second-order valence-electron chi connectivity index (χ2n) is 4.25. The highest BCUT2D eigenvalue weighted by Crippen LogP contribution is 2.45. The van der Waals surface area contributed by atoms with Crippen LogP contribution in [0.2, 0.25) is 0 Å². The molecule has 1 aliphatic carbocycles. The van der Waals surface area contributed by atoms with Gasteiger partial charge in [-0.1, -0.05) is 28.4 Å². The van der Waals surface area contributed by atoms with Crippen molar-refractivity contribution in [1.82, 2.24) is 0 Å². The molecule has 76 valence electrons. The molecule has 0 aliphatic heterocycles. The van der Waals surface area contributed by atoms with E-state index in [1.807, 2.05) is 0 Å². The lowest BCUT2D eigenvalue weighted by atomic mass is 9.64. The van der Waals surface area contributed by atoms with Crippen molar-refractivity contribution in [1.29, 1.82) is 0 Å². The fourth-order valence-corrected chi connectivity index (χ4v) is 2.64. The van der Waals surface area contributed by atoms with Gasteiger partial charge in [0.2, 0.25) is 0 Å². The predicted octanol–water partition coefficient (Wildman–Crippen LogP) is 3.17. The topological polar surface area (TPSA) is 20.2 Å². The molecule has 0 atom stereocenters. The standard InChI is InChI=1S/C12H15BrO/c1-9-3-4-10(13)7-11(9)12(8-14)5-2-6-12/h3-4,7,14H,2,5-6,8H2,1H3. The fourth-order valence-electron chi connectivity index (χ4n) is 2.28. The van der Waals surface area contributed by atoms with E-state index in [1.54, 1.807) is 0 Å². The summed E-state index contributed by atoms with van der Waals surface area (Å²) in [6, 6.07) is 6.34. The van der Waals surface area contributed by atoms with E-state index in [9.17, 15) is 5.11 Å². The number of hydrogen-bond donors (Lipinski definition) is 1. The van der Waals surface area contributed by atoms with Crippen LogP contribution in [0.3, 0.4) is 0 Å². The van der Waals surface area contributed by atoms with Crippen LogP contribution in [-0.2, 0) is 5.41 Å². The molecule has 0 bridgehead atoms. The van der Waals surface area contributed by atoms with Crippen LogP contribution in [0.4, 0.5) is 0 Å². The lowest BCUT2D eigenvalue weighted by Gasteiger charge is -2.42. The number of rotatable bonds is 2. The first-order chi connectivity index (χ1) is 6.68. The average molecular weight is 255 g/mol. The van der Waals surface area contributed by atoms with E-state index < -0.39 is 0 Å². The van der Waals surface area contributed by atoms with Gasteiger partial charge >= 0.3 is 0 Å². The molecule has 2 heteroatoms.